The van der Waals surface area contributed by atoms with E-state index < -0.39 is 0 Å². The maximum Gasteiger partial charge on any atom is 0.258 e. The van der Waals surface area contributed by atoms with E-state index in [1.807, 2.05) is 17.8 Å². The molecule has 0 aliphatic carbocycles. The summed E-state index contributed by atoms with van der Waals surface area (Å²) in [4.78, 5) is 4.44. The molecule has 0 bridgehead atoms. The second-order valence-corrected chi connectivity index (χ2v) is 5.67. The minimum atomic E-state index is 0.208. The topological polar surface area (TPSA) is 59.2 Å². The fourth-order valence-electron chi connectivity index (χ4n) is 2.07. The summed E-state index contributed by atoms with van der Waals surface area (Å²) in [6.07, 6.45) is 3.62. The van der Waals surface area contributed by atoms with Gasteiger partial charge in [0.25, 0.3) is 5.89 Å². The van der Waals surface area contributed by atoms with E-state index in [9.17, 15) is 5.11 Å². The number of aromatic hydroxyl groups is 1. The third-order valence-corrected chi connectivity index (χ3v) is 4.38. The van der Waals surface area contributed by atoms with Gasteiger partial charge in [-0.05, 0) is 36.8 Å². The van der Waals surface area contributed by atoms with Crippen molar-refractivity contribution in [2.24, 2.45) is 0 Å². The second-order valence-electron chi connectivity index (χ2n) is 4.36. The minimum Gasteiger partial charge on any atom is -0.508 e. The van der Waals surface area contributed by atoms with Gasteiger partial charge in [0.2, 0.25) is 0 Å². The Morgan fingerprint density at radius 1 is 1.33 bits per heavy atom. The van der Waals surface area contributed by atoms with Crippen LogP contribution in [0.15, 0.2) is 28.8 Å². The molecule has 18 heavy (non-hydrogen) atoms. The zero-order chi connectivity index (χ0) is 12.4. The summed E-state index contributed by atoms with van der Waals surface area (Å²) in [5.74, 6) is 2.63. The molecular formula is C13H14N2O2S. The third-order valence-electron chi connectivity index (χ3n) is 3.00. The standard InChI is InChI=1S/C13H14N2O2S/c16-10-5-3-4-9(8-10)13-14-12(15-17-13)11-6-1-2-7-18-11/h3-5,8,11,16H,1-2,6-7H2. The summed E-state index contributed by atoms with van der Waals surface area (Å²) in [5.41, 5.74) is 0.759. The number of rotatable bonds is 2. The number of thioether (sulfide) groups is 1. The van der Waals surface area contributed by atoms with Gasteiger partial charge in [-0.25, -0.2) is 0 Å². The van der Waals surface area contributed by atoms with Crippen LogP contribution in [0, 0.1) is 0 Å². The van der Waals surface area contributed by atoms with Gasteiger partial charge in [-0.15, -0.1) is 0 Å². The van der Waals surface area contributed by atoms with Crippen molar-refractivity contribution < 1.29 is 9.63 Å². The highest BCUT2D eigenvalue weighted by atomic mass is 32.2. The molecule has 0 radical (unpaired) electrons. The number of benzene rings is 1. The number of phenolic OH excluding ortho intramolecular Hbond substituents is 1. The molecule has 1 atom stereocenters. The van der Waals surface area contributed by atoms with Crippen LogP contribution in [-0.4, -0.2) is 21.0 Å². The van der Waals surface area contributed by atoms with Crippen molar-refractivity contribution >= 4 is 11.8 Å². The number of aromatic nitrogens is 2. The molecule has 3 rings (SSSR count). The average Bonchev–Trinajstić information content (AvgIpc) is 2.89. The Hall–Kier alpha value is -1.49. The lowest BCUT2D eigenvalue weighted by molar-refractivity contribution is 0.419. The number of phenols is 1. The van der Waals surface area contributed by atoms with Gasteiger partial charge in [-0.1, -0.05) is 17.6 Å². The maximum atomic E-state index is 9.44. The molecule has 1 N–H and O–H groups in total. The number of nitrogens with zero attached hydrogens (tertiary/aromatic N) is 2. The summed E-state index contributed by atoms with van der Waals surface area (Å²) in [5, 5.41) is 13.8. The smallest absolute Gasteiger partial charge is 0.258 e. The van der Waals surface area contributed by atoms with E-state index in [0.717, 1.165) is 17.8 Å². The van der Waals surface area contributed by atoms with Gasteiger partial charge in [0.15, 0.2) is 5.82 Å². The van der Waals surface area contributed by atoms with Crippen LogP contribution in [0.25, 0.3) is 11.5 Å². The Labute approximate surface area is 109 Å². The van der Waals surface area contributed by atoms with Crippen LogP contribution < -0.4 is 0 Å². The van der Waals surface area contributed by atoms with Gasteiger partial charge in [0.05, 0.1) is 5.25 Å². The molecule has 1 fully saturated rings. The van der Waals surface area contributed by atoms with E-state index in [0.29, 0.717) is 11.1 Å². The van der Waals surface area contributed by atoms with Gasteiger partial charge < -0.3 is 9.63 Å². The van der Waals surface area contributed by atoms with Gasteiger partial charge in [-0.3, -0.25) is 0 Å². The molecule has 1 unspecified atom stereocenters. The van der Waals surface area contributed by atoms with Crippen molar-refractivity contribution in [1.29, 1.82) is 0 Å². The molecule has 4 nitrogen and oxygen atoms in total. The van der Waals surface area contributed by atoms with Crippen LogP contribution in [0.3, 0.4) is 0 Å². The van der Waals surface area contributed by atoms with Gasteiger partial charge in [0, 0.05) is 5.56 Å². The summed E-state index contributed by atoms with van der Waals surface area (Å²) in [6, 6.07) is 6.87. The van der Waals surface area contributed by atoms with Crippen molar-refractivity contribution in [2.45, 2.75) is 24.5 Å². The maximum absolute atomic E-state index is 9.44. The Morgan fingerprint density at radius 2 is 2.28 bits per heavy atom. The van der Waals surface area contributed by atoms with Crippen molar-refractivity contribution in [3.05, 3.63) is 30.1 Å². The fourth-order valence-corrected chi connectivity index (χ4v) is 3.30. The van der Waals surface area contributed by atoms with Crippen molar-refractivity contribution in [2.75, 3.05) is 5.75 Å². The molecule has 2 heterocycles. The van der Waals surface area contributed by atoms with Gasteiger partial charge >= 0.3 is 0 Å². The van der Waals surface area contributed by atoms with Crippen LogP contribution in [0.5, 0.6) is 5.75 Å². The van der Waals surface area contributed by atoms with Crippen LogP contribution in [0.1, 0.15) is 30.3 Å². The van der Waals surface area contributed by atoms with Crippen LogP contribution >= 0.6 is 11.8 Å². The van der Waals surface area contributed by atoms with Crippen molar-refractivity contribution in [3.63, 3.8) is 0 Å². The fraction of sp³-hybridized carbons (Fsp3) is 0.385. The molecule has 0 amide bonds. The first-order chi connectivity index (χ1) is 8.83. The van der Waals surface area contributed by atoms with E-state index in [1.165, 1.54) is 18.6 Å². The predicted molar refractivity (Wildman–Crippen MR) is 70.4 cm³/mol. The average molecular weight is 262 g/mol. The molecule has 2 aromatic rings. The first-order valence-electron chi connectivity index (χ1n) is 6.07. The Morgan fingerprint density at radius 3 is 3.06 bits per heavy atom. The molecule has 5 heteroatoms. The van der Waals surface area contributed by atoms with Crippen LogP contribution in [0.2, 0.25) is 0 Å². The lowest BCUT2D eigenvalue weighted by Gasteiger charge is -2.17. The Balaban J connectivity index is 1.84. The van der Waals surface area contributed by atoms with Crippen molar-refractivity contribution in [3.8, 4) is 17.2 Å². The molecule has 1 aliphatic rings. The van der Waals surface area contributed by atoms with Gasteiger partial charge in [0.1, 0.15) is 5.75 Å². The third kappa shape index (κ3) is 2.36. The summed E-state index contributed by atoms with van der Waals surface area (Å²) < 4.78 is 5.27. The zero-order valence-electron chi connectivity index (χ0n) is 9.87. The van der Waals surface area contributed by atoms with E-state index >= 15 is 0 Å². The molecule has 1 saturated heterocycles. The number of hydrogen-bond acceptors (Lipinski definition) is 5. The first-order valence-corrected chi connectivity index (χ1v) is 7.12. The normalized spacial score (nSPS) is 19.9. The molecule has 1 aromatic carbocycles. The summed E-state index contributed by atoms with van der Waals surface area (Å²) >= 11 is 1.89. The Bertz CT molecular complexity index is 535. The first kappa shape index (κ1) is 11.6. The lowest BCUT2D eigenvalue weighted by atomic mass is 10.2. The number of hydrogen-bond donors (Lipinski definition) is 1. The van der Waals surface area contributed by atoms with E-state index in [1.54, 1.807) is 18.2 Å². The quantitative estimate of drug-likeness (QED) is 0.898. The van der Waals surface area contributed by atoms with Gasteiger partial charge in [-0.2, -0.15) is 16.7 Å². The van der Waals surface area contributed by atoms with Crippen molar-refractivity contribution in [1.82, 2.24) is 10.1 Å². The second kappa shape index (κ2) is 5.02. The molecule has 1 aromatic heterocycles. The lowest BCUT2D eigenvalue weighted by Crippen LogP contribution is -2.03. The SMILES string of the molecule is Oc1cccc(-c2nc(C3CCCCS3)no2)c1. The largest absolute Gasteiger partial charge is 0.508 e. The zero-order valence-corrected chi connectivity index (χ0v) is 10.7. The highest BCUT2D eigenvalue weighted by Crippen LogP contribution is 2.37. The summed E-state index contributed by atoms with van der Waals surface area (Å²) in [6.45, 7) is 0. The monoisotopic (exact) mass is 262 g/mol. The van der Waals surface area contributed by atoms with Crippen LogP contribution in [-0.2, 0) is 0 Å². The predicted octanol–water partition coefficient (Wildman–Crippen LogP) is 3.40. The minimum absolute atomic E-state index is 0.208. The molecule has 0 saturated carbocycles. The Kier molecular flexibility index (Phi) is 3.23. The van der Waals surface area contributed by atoms with Crippen LogP contribution in [0.4, 0.5) is 0 Å². The molecule has 0 spiro atoms. The van der Waals surface area contributed by atoms with E-state index in [-0.39, 0.29) is 5.75 Å². The highest BCUT2D eigenvalue weighted by Gasteiger charge is 2.21. The molecular weight excluding hydrogens is 248 g/mol. The highest BCUT2D eigenvalue weighted by molar-refractivity contribution is 7.99. The summed E-state index contributed by atoms with van der Waals surface area (Å²) in [7, 11) is 0. The molecule has 1 aliphatic heterocycles. The van der Waals surface area contributed by atoms with E-state index in [2.05, 4.69) is 10.1 Å². The molecule has 94 valence electrons. The van der Waals surface area contributed by atoms with E-state index in [4.69, 9.17) is 4.52 Å².